The third kappa shape index (κ3) is 11.8. The van der Waals surface area contributed by atoms with Gasteiger partial charge in [0, 0.05) is 99.6 Å². The number of benzene rings is 4. The number of carbonyl (C=O) groups is 2. The Hall–Kier alpha value is -9.58. The highest BCUT2D eigenvalue weighted by atomic mass is 32.1. The van der Waals surface area contributed by atoms with Crippen LogP contribution in [0.2, 0.25) is 0 Å². The second-order valence-electron chi connectivity index (χ2n) is 28.7. The van der Waals surface area contributed by atoms with Gasteiger partial charge in [-0.25, -0.2) is 0 Å². The summed E-state index contributed by atoms with van der Waals surface area (Å²) in [5, 5.41) is 41.7. The predicted molar refractivity (Wildman–Crippen MR) is 442 cm³/mol. The highest BCUT2D eigenvalue weighted by Gasteiger charge is 2.56. The van der Waals surface area contributed by atoms with Crippen molar-refractivity contribution in [3.05, 3.63) is 267 Å². The van der Waals surface area contributed by atoms with Crippen molar-refractivity contribution >= 4 is 131 Å². The Bertz CT molecular complexity index is 5300. The van der Waals surface area contributed by atoms with Gasteiger partial charge in [-0.2, -0.15) is 21.0 Å². The topological polar surface area (TPSA) is 155 Å². The van der Waals surface area contributed by atoms with Crippen molar-refractivity contribution in [2.75, 3.05) is 0 Å². The molecule has 8 nitrogen and oxygen atoms in total. The molecule has 4 aliphatic carbocycles. The molecule has 0 N–H and O–H groups in total. The fraction of sp³-hybridized carbons (Fsp3) is 0.283. The van der Waals surface area contributed by atoms with Crippen LogP contribution >= 0.6 is 68.0 Å². The van der Waals surface area contributed by atoms with Crippen molar-refractivity contribution in [3.63, 3.8) is 0 Å². The molecule has 8 heterocycles. The number of unbranched alkanes of at least 4 members (excludes halogenated alkanes) is 12. The summed E-state index contributed by atoms with van der Waals surface area (Å²) in [6.07, 6.45) is 33.0. The lowest BCUT2D eigenvalue weighted by Gasteiger charge is -2.34. The van der Waals surface area contributed by atoms with E-state index >= 15 is 0 Å². The molecule has 4 aliphatic rings. The lowest BCUT2D eigenvalue weighted by atomic mass is 9.67. The maximum absolute atomic E-state index is 14.6. The summed E-state index contributed by atoms with van der Waals surface area (Å²) in [7, 11) is 0. The van der Waals surface area contributed by atoms with Gasteiger partial charge in [0.25, 0.3) is 0 Å². The van der Waals surface area contributed by atoms with Crippen LogP contribution in [0.4, 0.5) is 0 Å². The van der Waals surface area contributed by atoms with Gasteiger partial charge in [0.05, 0.1) is 49.1 Å². The van der Waals surface area contributed by atoms with E-state index < -0.39 is 10.8 Å². The van der Waals surface area contributed by atoms with Gasteiger partial charge in [0.2, 0.25) is 0 Å². The van der Waals surface area contributed by atoms with Gasteiger partial charge in [-0.05, 0) is 143 Å². The minimum Gasteiger partial charge on any atom is -0.289 e. The summed E-state index contributed by atoms with van der Waals surface area (Å²) in [6.45, 7) is 9.08. The van der Waals surface area contributed by atoms with E-state index in [1.54, 1.807) is 59.6 Å². The van der Waals surface area contributed by atoms with Gasteiger partial charge in [-0.3, -0.25) is 19.6 Å². The standard InChI is InChI=1S/C92H78N6O2S6/c1-5-9-13-17-21-55-25-33-61(34-26-55)91(62-35-27-56(28-36-62)22-18-14-10-6-2)77-83-73(47-65(101-83)45-69-75(59(49-93)50-94)67-41-43-97-53-71(67)81(69)99)103-85(77)87-79(91)89-90(105-87)80-88(106-89)86-78(84-74(104-86)48-66(102-84)46-70-76(60(51-95)52-96)68-42-44-98-54-72(68)82(70)100)92(80,63-37-29-57(30-38-63)23-19-15-11-7-3)64-39-31-58(32-40-64)24-20-16-12-8-4/h25-48,53-54H,5-24H2,1-4H3/b69-45-,70-46-. The molecule has 0 bridgehead atoms. The molecule has 0 amide bonds. The number of thiophene rings is 6. The lowest BCUT2D eigenvalue weighted by Crippen LogP contribution is -2.29. The van der Waals surface area contributed by atoms with Crippen LogP contribution in [-0.2, 0) is 36.5 Å². The van der Waals surface area contributed by atoms with Gasteiger partial charge in [0.15, 0.2) is 11.6 Å². The Labute approximate surface area is 644 Å². The number of ketones is 2. The SMILES string of the molecule is CCCCCCc1ccc(C2(c3ccc(CCCCCC)cc3)c3c(sc4cc(/C=C5\C(=O)c6cnccc6C5=C(C#N)C#N)sc34)-c3sc4c5c(sc4c32)-c2sc3cc(/C=C4\C(=O)c6cnccc6C4=C(C#N)C#N)sc3c2C5(c2ccc(CCCCCC)cc2)c2ccc(CCCCCC)cc2)cc1. The molecule has 4 aromatic carbocycles. The molecular weight excluding hydrogens is 1410 g/mol. The van der Waals surface area contributed by atoms with Crippen LogP contribution in [0.15, 0.2) is 168 Å². The average Bonchev–Trinajstić information content (AvgIpc) is 1.48. The summed E-state index contributed by atoms with van der Waals surface area (Å²) < 4.78 is 7.09. The molecule has 0 spiro atoms. The molecule has 0 saturated heterocycles. The quantitative estimate of drug-likeness (QED) is 0.0295. The minimum absolute atomic E-state index is 0.103. The predicted octanol–water partition coefficient (Wildman–Crippen LogP) is 25.7. The number of pyridine rings is 2. The lowest BCUT2D eigenvalue weighted by molar-refractivity contribution is 0.103. The Balaban J connectivity index is 0.970. The number of allylic oxidation sites excluding steroid dienone is 6. The number of hydrogen-bond donors (Lipinski definition) is 0. The summed E-state index contributed by atoms with van der Waals surface area (Å²) in [4.78, 5) is 44.6. The minimum atomic E-state index is -0.818. The molecule has 0 atom stereocenters. The van der Waals surface area contributed by atoms with Gasteiger partial charge in [-0.1, -0.05) is 202 Å². The van der Waals surface area contributed by atoms with Crippen LogP contribution in [-0.4, -0.2) is 21.5 Å². The molecule has 8 aromatic heterocycles. The number of Topliss-reactive ketones (excluding diaryl/α,β-unsaturated/α-hetero) is 2. The summed E-state index contributed by atoms with van der Waals surface area (Å²) in [6, 6.07) is 55.0. The molecule has 12 aromatic rings. The van der Waals surface area contributed by atoms with Gasteiger partial charge in [0.1, 0.15) is 35.4 Å². The zero-order chi connectivity index (χ0) is 72.8. The van der Waals surface area contributed by atoms with Gasteiger partial charge >= 0.3 is 0 Å². The zero-order valence-electron chi connectivity index (χ0n) is 60.1. The molecule has 16 rings (SSSR count). The maximum Gasteiger partial charge on any atom is 0.195 e. The first-order valence-corrected chi connectivity index (χ1v) is 42.6. The van der Waals surface area contributed by atoms with E-state index in [0.29, 0.717) is 44.5 Å². The zero-order valence-corrected chi connectivity index (χ0v) is 65.0. The van der Waals surface area contributed by atoms with E-state index in [4.69, 9.17) is 0 Å². The smallest absolute Gasteiger partial charge is 0.195 e. The number of rotatable bonds is 26. The van der Waals surface area contributed by atoms with E-state index in [1.807, 2.05) is 57.5 Å². The third-order valence-electron chi connectivity index (χ3n) is 22.2. The second kappa shape index (κ2) is 30.0. The largest absolute Gasteiger partial charge is 0.289 e. The number of nitrogens with zero attached hydrogens (tertiary/aromatic N) is 6. The Kier molecular flexibility index (Phi) is 20.0. The summed E-state index contributed by atoms with van der Waals surface area (Å²) in [5.74, 6) is -0.501. The fourth-order valence-corrected chi connectivity index (χ4v) is 25.9. The van der Waals surface area contributed by atoms with Crippen LogP contribution in [0.25, 0.3) is 71.0 Å². The number of hydrogen-bond acceptors (Lipinski definition) is 14. The number of aryl methyl sites for hydroxylation is 4. The van der Waals surface area contributed by atoms with E-state index in [2.05, 4.69) is 171 Å². The third-order valence-corrected chi connectivity index (χ3v) is 29.8. The monoisotopic (exact) mass is 1490 g/mol. The van der Waals surface area contributed by atoms with E-state index in [-0.39, 0.29) is 22.7 Å². The number of aromatic nitrogens is 2. The average molecular weight is 1490 g/mol. The van der Waals surface area contributed by atoms with Crippen molar-refractivity contribution in [2.45, 2.75) is 167 Å². The van der Waals surface area contributed by atoms with Crippen LogP contribution in [0.5, 0.6) is 0 Å². The van der Waals surface area contributed by atoms with Gasteiger partial charge in [-0.15, -0.1) is 68.0 Å². The summed E-state index contributed by atoms with van der Waals surface area (Å²) >= 11 is 10.9. The van der Waals surface area contributed by atoms with Crippen LogP contribution < -0.4 is 0 Å². The van der Waals surface area contributed by atoms with Gasteiger partial charge < -0.3 is 0 Å². The molecule has 0 aliphatic heterocycles. The number of carbonyl (C=O) groups excluding carboxylic acids is 2. The molecule has 0 fully saturated rings. The van der Waals surface area contributed by atoms with Crippen molar-refractivity contribution in [3.8, 4) is 43.8 Å². The molecular formula is C92H78N6O2S6. The fourth-order valence-electron chi connectivity index (χ4n) is 17.1. The molecule has 524 valence electrons. The van der Waals surface area contributed by atoms with E-state index in [9.17, 15) is 30.6 Å². The Morgan fingerprint density at radius 3 is 0.972 bits per heavy atom. The highest BCUT2D eigenvalue weighted by molar-refractivity contribution is 7.37. The van der Waals surface area contributed by atoms with Crippen molar-refractivity contribution in [2.24, 2.45) is 0 Å². The normalized spacial score (nSPS) is 14.9. The molecule has 106 heavy (non-hydrogen) atoms. The van der Waals surface area contributed by atoms with Crippen LogP contribution in [0.1, 0.15) is 239 Å². The van der Waals surface area contributed by atoms with Crippen molar-refractivity contribution < 1.29 is 9.59 Å². The summed E-state index contributed by atoms with van der Waals surface area (Å²) in [5.41, 5.74) is 16.7. The maximum atomic E-state index is 14.6. The van der Waals surface area contributed by atoms with E-state index in [0.717, 1.165) is 79.9 Å². The first-order valence-electron chi connectivity index (χ1n) is 37.7. The second-order valence-corrected chi connectivity index (χ2v) is 35.0. The van der Waals surface area contributed by atoms with E-state index in [1.165, 1.54) is 173 Å². The molecule has 14 heteroatoms. The van der Waals surface area contributed by atoms with Crippen molar-refractivity contribution in [1.29, 1.82) is 21.0 Å². The Morgan fingerprint density at radius 1 is 0.368 bits per heavy atom. The van der Waals surface area contributed by atoms with Crippen molar-refractivity contribution in [1.82, 2.24) is 9.97 Å². The molecule has 0 radical (unpaired) electrons. The molecule has 0 saturated carbocycles. The van der Waals surface area contributed by atoms with Crippen LogP contribution in [0, 0.1) is 45.3 Å². The first kappa shape index (κ1) is 70.7. The highest BCUT2D eigenvalue weighted by Crippen LogP contribution is 2.72. The number of fused-ring (bicyclic) bond motifs is 15. The number of nitriles is 4. The van der Waals surface area contributed by atoms with Crippen LogP contribution in [0.3, 0.4) is 0 Å². The first-order chi connectivity index (χ1) is 52.1. The Morgan fingerprint density at radius 2 is 0.670 bits per heavy atom. The molecule has 0 unspecified atom stereocenters.